The fourth-order valence-electron chi connectivity index (χ4n) is 0.605. The van der Waals surface area contributed by atoms with Gasteiger partial charge in [0.05, 0.1) is 0 Å². The van der Waals surface area contributed by atoms with Crippen LogP contribution in [-0.2, 0) is 8.26 Å². The number of hydrogen-bond donors (Lipinski definition) is 1. The molecule has 0 aliphatic rings. The van der Waals surface area contributed by atoms with Crippen molar-refractivity contribution < 1.29 is 8.42 Å². The number of rotatable bonds is 1. The van der Waals surface area contributed by atoms with Crippen molar-refractivity contribution >= 4 is 35.3 Å². The minimum absolute atomic E-state index is 1.16. The average Bonchev–Trinajstić information content (AvgIpc) is 2.03. The number of anilines is 1. The maximum Gasteiger partial charge on any atom is 0.317 e. The summed E-state index contributed by atoms with van der Waals surface area (Å²) >= 11 is 0. The van der Waals surface area contributed by atoms with Crippen molar-refractivity contribution in [3.8, 4) is 0 Å². The lowest BCUT2D eigenvalue weighted by atomic mass is 10.3. The number of benzene rings is 1. The van der Waals surface area contributed by atoms with E-state index in [1.807, 2.05) is 37.4 Å². The van der Waals surface area contributed by atoms with Gasteiger partial charge in [-0.25, -0.2) is 0 Å². The monoisotopic (exact) mass is 241 g/mol. The summed E-state index contributed by atoms with van der Waals surface area (Å²) in [5.41, 5.74) is 1.16. The minimum Gasteiger partial charge on any atom is -0.388 e. The third-order valence-electron chi connectivity index (χ3n) is 1.06. The van der Waals surface area contributed by atoms with Gasteiger partial charge < -0.3 is 5.32 Å². The second kappa shape index (κ2) is 6.07. The second-order valence-corrected chi connectivity index (χ2v) is 5.66. The number of halogens is 2. The van der Waals surface area contributed by atoms with E-state index in [0.717, 1.165) is 5.69 Å². The fourth-order valence-corrected chi connectivity index (χ4v) is 0.605. The average molecular weight is 242 g/mol. The van der Waals surface area contributed by atoms with E-state index in [1.54, 1.807) is 0 Å². The number of hydrogen-bond acceptors (Lipinski definition) is 3. The van der Waals surface area contributed by atoms with E-state index in [2.05, 4.69) is 26.7 Å². The van der Waals surface area contributed by atoms with Gasteiger partial charge >= 0.3 is 8.26 Å². The lowest BCUT2D eigenvalue weighted by Gasteiger charge is -1.94. The van der Waals surface area contributed by atoms with Crippen LogP contribution in [0.4, 0.5) is 5.69 Å². The predicted molar refractivity (Wildman–Crippen MR) is 56.6 cm³/mol. The predicted octanol–water partition coefficient (Wildman–Crippen LogP) is 2.44. The molecular formula is C7H9Cl2NO2S. The minimum atomic E-state index is -3.72. The van der Waals surface area contributed by atoms with Crippen molar-refractivity contribution in [1.82, 2.24) is 0 Å². The molecule has 1 aromatic carbocycles. The van der Waals surface area contributed by atoms with Crippen molar-refractivity contribution in [2.75, 3.05) is 12.4 Å². The van der Waals surface area contributed by atoms with Gasteiger partial charge in [0.2, 0.25) is 0 Å². The van der Waals surface area contributed by atoms with Gasteiger partial charge in [0.1, 0.15) is 0 Å². The molecule has 0 radical (unpaired) electrons. The molecule has 0 atom stereocenters. The maximum atomic E-state index is 9.16. The highest BCUT2D eigenvalue weighted by atomic mass is 36.0. The number of nitrogens with one attached hydrogen (secondary N) is 1. The summed E-state index contributed by atoms with van der Waals surface area (Å²) in [6, 6.07) is 10.1. The first-order chi connectivity index (χ1) is 5.93. The molecular weight excluding hydrogens is 233 g/mol. The van der Waals surface area contributed by atoms with Crippen molar-refractivity contribution in [3.05, 3.63) is 30.3 Å². The van der Waals surface area contributed by atoms with Gasteiger partial charge in [-0.1, -0.05) is 18.2 Å². The summed E-state index contributed by atoms with van der Waals surface area (Å²) in [5.74, 6) is 0. The van der Waals surface area contributed by atoms with Gasteiger partial charge in [0, 0.05) is 34.1 Å². The quantitative estimate of drug-likeness (QED) is 0.769. The molecule has 0 unspecified atom stereocenters. The Morgan fingerprint density at radius 2 is 1.54 bits per heavy atom. The largest absolute Gasteiger partial charge is 0.388 e. The van der Waals surface area contributed by atoms with Gasteiger partial charge in [0.25, 0.3) is 0 Å². The van der Waals surface area contributed by atoms with Crippen molar-refractivity contribution in [3.63, 3.8) is 0 Å². The van der Waals surface area contributed by atoms with Crippen LogP contribution in [0.2, 0.25) is 0 Å². The summed E-state index contributed by atoms with van der Waals surface area (Å²) in [6.07, 6.45) is 0. The molecule has 6 heteroatoms. The first-order valence-electron chi connectivity index (χ1n) is 3.30. The molecule has 74 valence electrons. The summed E-state index contributed by atoms with van der Waals surface area (Å²) < 4.78 is 18.3. The zero-order valence-corrected chi connectivity index (χ0v) is 9.20. The molecule has 13 heavy (non-hydrogen) atoms. The van der Waals surface area contributed by atoms with Crippen LogP contribution < -0.4 is 5.32 Å². The molecule has 3 nitrogen and oxygen atoms in total. The molecule has 0 saturated heterocycles. The first kappa shape index (κ1) is 12.5. The lowest BCUT2D eigenvalue weighted by molar-refractivity contribution is 0.621. The van der Waals surface area contributed by atoms with Crippen LogP contribution in [0.5, 0.6) is 0 Å². The molecule has 0 aromatic heterocycles. The van der Waals surface area contributed by atoms with Gasteiger partial charge in [-0.3, -0.25) is 0 Å². The van der Waals surface area contributed by atoms with E-state index in [1.165, 1.54) is 0 Å². The van der Waals surface area contributed by atoms with E-state index >= 15 is 0 Å². The molecule has 0 heterocycles. The Morgan fingerprint density at radius 3 is 1.77 bits per heavy atom. The molecule has 0 fully saturated rings. The maximum absolute atomic E-state index is 9.16. The zero-order chi connectivity index (χ0) is 10.3. The third-order valence-corrected chi connectivity index (χ3v) is 1.06. The van der Waals surface area contributed by atoms with Crippen LogP contribution in [0.3, 0.4) is 0 Å². The van der Waals surface area contributed by atoms with Crippen molar-refractivity contribution in [1.29, 1.82) is 0 Å². The van der Waals surface area contributed by atoms with Crippen LogP contribution in [0, 0.1) is 0 Å². The fraction of sp³-hybridized carbons (Fsp3) is 0.143. The Hall–Kier alpha value is -0.450. The normalized spacial score (nSPS) is 9.77. The summed E-state index contributed by atoms with van der Waals surface area (Å²) in [5, 5.41) is 3.03. The van der Waals surface area contributed by atoms with Crippen LogP contribution in [0.25, 0.3) is 0 Å². The van der Waals surface area contributed by atoms with Gasteiger partial charge in [0.15, 0.2) is 0 Å². The Bertz CT molecular complexity index is 318. The lowest BCUT2D eigenvalue weighted by Crippen LogP contribution is -1.84. The van der Waals surface area contributed by atoms with Gasteiger partial charge in [-0.15, -0.1) is 0 Å². The van der Waals surface area contributed by atoms with Crippen molar-refractivity contribution in [2.24, 2.45) is 0 Å². The van der Waals surface area contributed by atoms with E-state index in [4.69, 9.17) is 8.42 Å². The SMILES string of the molecule is CNc1ccccc1.O=S(=O)(Cl)Cl. The highest BCUT2D eigenvalue weighted by Gasteiger charge is 1.88. The number of para-hydroxylation sites is 1. The van der Waals surface area contributed by atoms with E-state index in [9.17, 15) is 0 Å². The van der Waals surface area contributed by atoms with E-state index in [-0.39, 0.29) is 0 Å². The standard InChI is InChI=1S/C7H9N.Cl2O2S/c1-8-7-5-3-2-4-6-7;1-5(2,3)4/h2-6,8H,1H3;. The Balaban J connectivity index is 0.000000252. The van der Waals surface area contributed by atoms with Crippen LogP contribution in [0.1, 0.15) is 0 Å². The second-order valence-electron chi connectivity index (χ2n) is 1.99. The van der Waals surface area contributed by atoms with Crippen LogP contribution in [0.15, 0.2) is 30.3 Å². The molecule has 0 spiro atoms. The molecule has 1 rings (SSSR count). The summed E-state index contributed by atoms with van der Waals surface area (Å²) in [7, 11) is 6.73. The Kier molecular flexibility index (Phi) is 5.86. The molecule has 1 aromatic rings. The van der Waals surface area contributed by atoms with E-state index < -0.39 is 8.26 Å². The van der Waals surface area contributed by atoms with Crippen LogP contribution in [-0.4, -0.2) is 15.5 Å². The molecule has 0 saturated carbocycles. The first-order valence-corrected chi connectivity index (χ1v) is 6.44. The molecule has 0 amide bonds. The molecule has 0 aliphatic heterocycles. The summed E-state index contributed by atoms with van der Waals surface area (Å²) in [6.45, 7) is 0. The topological polar surface area (TPSA) is 46.2 Å². The van der Waals surface area contributed by atoms with E-state index in [0.29, 0.717) is 0 Å². The zero-order valence-electron chi connectivity index (χ0n) is 6.87. The molecule has 0 bridgehead atoms. The summed E-state index contributed by atoms with van der Waals surface area (Å²) in [4.78, 5) is 0. The smallest absolute Gasteiger partial charge is 0.317 e. The Morgan fingerprint density at radius 1 is 1.15 bits per heavy atom. The van der Waals surface area contributed by atoms with Gasteiger partial charge in [-0.05, 0) is 12.1 Å². The third kappa shape index (κ3) is 11.5. The Labute approximate surface area is 86.6 Å². The van der Waals surface area contributed by atoms with Crippen LogP contribution >= 0.6 is 21.4 Å². The van der Waals surface area contributed by atoms with Crippen molar-refractivity contribution in [2.45, 2.75) is 0 Å². The highest BCUT2D eigenvalue weighted by Crippen LogP contribution is 2.01. The molecule has 1 N–H and O–H groups in total. The van der Waals surface area contributed by atoms with Gasteiger partial charge in [-0.2, -0.15) is 8.42 Å². The highest BCUT2D eigenvalue weighted by molar-refractivity contribution is 8.31. The molecule has 0 aliphatic carbocycles.